The molecule has 0 atom stereocenters. The molecular formula is C10H11BrN4O. The van der Waals surface area contributed by atoms with Gasteiger partial charge in [-0.3, -0.25) is 0 Å². The molecule has 2 heterocycles. The Hall–Kier alpha value is -1.43. The summed E-state index contributed by atoms with van der Waals surface area (Å²) in [6.45, 7) is 3.97. The van der Waals surface area contributed by atoms with E-state index in [1.807, 2.05) is 13.8 Å². The largest absolute Gasteiger partial charge is 0.420 e. The maximum atomic E-state index is 5.75. The van der Waals surface area contributed by atoms with Gasteiger partial charge in [-0.05, 0) is 22.0 Å². The fourth-order valence-corrected chi connectivity index (χ4v) is 1.53. The van der Waals surface area contributed by atoms with Crippen molar-refractivity contribution in [2.45, 2.75) is 19.8 Å². The molecule has 6 heteroatoms. The molecule has 0 aliphatic heterocycles. The molecule has 2 rings (SSSR count). The monoisotopic (exact) mass is 282 g/mol. The zero-order chi connectivity index (χ0) is 11.7. The van der Waals surface area contributed by atoms with Crippen molar-refractivity contribution in [2.24, 2.45) is 0 Å². The Balaban J connectivity index is 2.46. The maximum Gasteiger partial charge on any atom is 0.251 e. The van der Waals surface area contributed by atoms with E-state index in [2.05, 4.69) is 31.1 Å². The summed E-state index contributed by atoms with van der Waals surface area (Å²) < 4.78 is 6.32. The Bertz CT molecular complexity index is 509. The number of hydrogen-bond donors (Lipinski definition) is 1. The number of nitrogens with zero attached hydrogens (tertiary/aromatic N) is 3. The van der Waals surface area contributed by atoms with E-state index in [1.165, 1.54) is 0 Å². The molecule has 2 aromatic rings. The van der Waals surface area contributed by atoms with Crippen LogP contribution in [0.15, 0.2) is 21.2 Å². The van der Waals surface area contributed by atoms with Crippen LogP contribution in [0.3, 0.4) is 0 Å². The minimum atomic E-state index is 0.197. The topological polar surface area (TPSA) is 77.8 Å². The molecule has 0 fully saturated rings. The molecule has 0 radical (unpaired) electrons. The fourth-order valence-electron chi connectivity index (χ4n) is 1.20. The van der Waals surface area contributed by atoms with Crippen LogP contribution in [0.25, 0.3) is 11.5 Å². The predicted molar refractivity (Wildman–Crippen MR) is 63.7 cm³/mol. The number of hydrogen-bond acceptors (Lipinski definition) is 5. The highest BCUT2D eigenvalue weighted by atomic mass is 79.9. The van der Waals surface area contributed by atoms with E-state index in [4.69, 9.17) is 10.2 Å². The van der Waals surface area contributed by atoms with Gasteiger partial charge in [0.15, 0.2) is 0 Å². The Morgan fingerprint density at radius 2 is 2.12 bits per heavy atom. The van der Waals surface area contributed by atoms with Gasteiger partial charge in [0.2, 0.25) is 5.89 Å². The molecule has 2 aromatic heterocycles. The average molecular weight is 283 g/mol. The van der Waals surface area contributed by atoms with Crippen LogP contribution in [0.1, 0.15) is 25.7 Å². The van der Waals surface area contributed by atoms with Crippen molar-refractivity contribution in [3.05, 3.63) is 22.6 Å². The Kier molecular flexibility index (Phi) is 2.91. The number of nitrogen functional groups attached to an aromatic ring is 1. The van der Waals surface area contributed by atoms with Crippen LogP contribution in [0.4, 0.5) is 5.82 Å². The van der Waals surface area contributed by atoms with Crippen LogP contribution < -0.4 is 5.73 Å². The minimum Gasteiger partial charge on any atom is -0.420 e. The van der Waals surface area contributed by atoms with Gasteiger partial charge in [-0.25, -0.2) is 4.98 Å². The standard InChI is InChI=1S/C10H11BrN4O/c1-5(2)9-14-15-10(16-9)7-3-6(11)4-13-8(7)12/h3-5H,1-2H3,(H2,12,13). The number of halogens is 1. The zero-order valence-corrected chi connectivity index (χ0v) is 10.5. The number of anilines is 1. The van der Waals surface area contributed by atoms with Crippen LogP contribution in [-0.4, -0.2) is 15.2 Å². The van der Waals surface area contributed by atoms with Gasteiger partial charge < -0.3 is 10.2 Å². The summed E-state index contributed by atoms with van der Waals surface area (Å²) in [5.74, 6) is 1.56. The van der Waals surface area contributed by atoms with Gasteiger partial charge in [0.1, 0.15) is 5.82 Å². The third-order valence-corrected chi connectivity index (χ3v) is 2.48. The lowest BCUT2D eigenvalue weighted by molar-refractivity contribution is 0.481. The summed E-state index contributed by atoms with van der Waals surface area (Å²) in [5, 5.41) is 7.90. The van der Waals surface area contributed by atoms with Gasteiger partial charge in [-0.1, -0.05) is 13.8 Å². The molecule has 0 aliphatic carbocycles. The SMILES string of the molecule is CC(C)c1nnc(-c2cc(Br)cnc2N)o1. The minimum absolute atomic E-state index is 0.197. The summed E-state index contributed by atoms with van der Waals surface area (Å²) in [5.41, 5.74) is 6.39. The van der Waals surface area contributed by atoms with Gasteiger partial charge >= 0.3 is 0 Å². The van der Waals surface area contributed by atoms with E-state index in [0.29, 0.717) is 23.2 Å². The number of pyridine rings is 1. The quantitative estimate of drug-likeness (QED) is 0.916. The van der Waals surface area contributed by atoms with Crippen LogP contribution in [-0.2, 0) is 0 Å². The molecule has 5 nitrogen and oxygen atoms in total. The highest BCUT2D eigenvalue weighted by Crippen LogP contribution is 2.27. The molecule has 0 aromatic carbocycles. The zero-order valence-electron chi connectivity index (χ0n) is 8.94. The lowest BCUT2D eigenvalue weighted by atomic mass is 10.2. The van der Waals surface area contributed by atoms with E-state index in [0.717, 1.165) is 4.47 Å². The molecule has 0 unspecified atom stereocenters. The van der Waals surface area contributed by atoms with E-state index in [9.17, 15) is 0 Å². The van der Waals surface area contributed by atoms with Crippen molar-refractivity contribution >= 4 is 21.7 Å². The second kappa shape index (κ2) is 4.21. The summed E-state index contributed by atoms with van der Waals surface area (Å²) in [6.07, 6.45) is 1.62. The van der Waals surface area contributed by atoms with E-state index < -0.39 is 0 Å². The highest BCUT2D eigenvalue weighted by molar-refractivity contribution is 9.10. The first kappa shape index (κ1) is 11.1. The third kappa shape index (κ3) is 2.06. The number of nitrogens with two attached hydrogens (primary N) is 1. The average Bonchev–Trinajstić information content (AvgIpc) is 2.70. The smallest absolute Gasteiger partial charge is 0.251 e. The lowest BCUT2D eigenvalue weighted by Crippen LogP contribution is -1.93. The number of rotatable bonds is 2. The van der Waals surface area contributed by atoms with Gasteiger partial charge in [-0.2, -0.15) is 0 Å². The van der Waals surface area contributed by atoms with Gasteiger partial charge in [0, 0.05) is 16.6 Å². The molecule has 84 valence electrons. The van der Waals surface area contributed by atoms with Crippen molar-refractivity contribution in [3.8, 4) is 11.5 Å². The third-order valence-electron chi connectivity index (χ3n) is 2.05. The van der Waals surface area contributed by atoms with Crippen LogP contribution in [0.2, 0.25) is 0 Å². The summed E-state index contributed by atoms with van der Waals surface area (Å²) in [6, 6.07) is 1.81. The predicted octanol–water partition coefficient (Wildman–Crippen LogP) is 2.60. The molecule has 0 amide bonds. The van der Waals surface area contributed by atoms with Crippen molar-refractivity contribution in [1.29, 1.82) is 0 Å². The Labute approximate surface area is 101 Å². The van der Waals surface area contributed by atoms with Crippen LogP contribution >= 0.6 is 15.9 Å². The van der Waals surface area contributed by atoms with Gasteiger partial charge in [-0.15, -0.1) is 10.2 Å². The first-order valence-electron chi connectivity index (χ1n) is 4.82. The summed E-state index contributed by atoms with van der Waals surface area (Å²) >= 11 is 3.32. The highest BCUT2D eigenvalue weighted by Gasteiger charge is 2.14. The molecule has 2 N–H and O–H groups in total. The molecule has 16 heavy (non-hydrogen) atoms. The maximum absolute atomic E-state index is 5.75. The van der Waals surface area contributed by atoms with Crippen molar-refractivity contribution in [3.63, 3.8) is 0 Å². The van der Waals surface area contributed by atoms with Crippen molar-refractivity contribution in [1.82, 2.24) is 15.2 Å². The first-order valence-corrected chi connectivity index (χ1v) is 5.62. The van der Waals surface area contributed by atoms with Gasteiger partial charge in [0.05, 0.1) is 5.56 Å². The molecule has 0 bridgehead atoms. The Morgan fingerprint density at radius 3 is 2.75 bits per heavy atom. The van der Waals surface area contributed by atoms with Crippen LogP contribution in [0, 0.1) is 0 Å². The molecule has 0 aliphatic rings. The summed E-state index contributed by atoms with van der Waals surface area (Å²) in [7, 11) is 0. The second-order valence-corrected chi connectivity index (χ2v) is 4.60. The molecule has 0 saturated heterocycles. The van der Waals surface area contributed by atoms with E-state index in [-0.39, 0.29) is 5.92 Å². The van der Waals surface area contributed by atoms with Crippen LogP contribution in [0.5, 0.6) is 0 Å². The normalized spacial score (nSPS) is 11.0. The lowest BCUT2D eigenvalue weighted by Gasteiger charge is -2.00. The Morgan fingerprint density at radius 1 is 1.38 bits per heavy atom. The van der Waals surface area contributed by atoms with Crippen molar-refractivity contribution in [2.75, 3.05) is 5.73 Å². The number of aromatic nitrogens is 3. The molecule has 0 spiro atoms. The van der Waals surface area contributed by atoms with E-state index >= 15 is 0 Å². The summed E-state index contributed by atoms with van der Waals surface area (Å²) in [4.78, 5) is 4.01. The molecular weight excluding hydrogens is 272 g/mol. The van der Waals surface area contributed by atoms with Gasteiger partial charge in [0.25, 0.3) is 5.89 Å². The first-order chi connectivity index (χ1) is 7.58. The van der Waals surface area contributed by atoms with E-state index in [1.54, 1.807) is 12.3 Å². The van der Waals surface area contributed by atoms with Crippen molar-refractivity contribution < 1.29 is 4.42 Å². The molecule has 0 saturated carbocycles. The second-order valence-electron chi connectivity index (χ2n) is 3.69. The fraction of sp³-hybridized carbons (Fsp3) is 0.300.